The van der Waals surface area contributed by atoms with Gasteiger partial charge in [0.1, 0.15) is 5.82 Å². The fourth-order valence-electron chi connectivity index (χ4n) is 2.50. The van der Waals surface area contributed by atoms with E-state index in [-0.39, 0.29) is 43.0 Å². The first-order valence-corrected chi connectivity index (χ1v) is 9.58. The van der Waals surface area contributed by atoms with Crippen molar-refractivity contribution in [1.29, 1.82) is 0 Å². The molecule has 2 aromatic rings. The number of halogens is 4. The van der Waals surface area contributed by atoms with Crippen molar-refractivity contribution >= 4 is 41.7 Å². The number of amides is 1. The average molecular weight is 564 g/mol. The number of nitrogens with one attached hydrogen (secondary N) is 2. The van der Waals surface area contributed by atoms with E-state index < -0.39 is 11.7 Å². The molecule has 0 bridgehead atoms. The second-order valence-corrected chi connectivity index (χ2v) is 7.24. The predicted octanol–water partition coefficient (Wildman–Crippen LogP) is 3.11. The summed E-state index contributed by atoms with van der Waals surface area (Å²) >= 11 is 0. The molecule has 0 unspecified atom stereocenters. The highest BCUT2D eigenvalue weighted by atomic mass is 127. The maximum absolute atomic E-state index is 12.9. The van der Waals surface area contributed by atoms with E-state index in [1.807, 2.05) is 37.2 Å². The summed E-state index contributed by atoms with van der Waals surface area (Å²) in [6, 6.07) is 10.6. The maximum atomic E-state index is 12.9. The van der Waals surface area contributed by atoms with Gasteiger partial charge in [0.05, 0.1) is 30.9 Å². The summed E-state index contributed by atoms with van der Waals surface area (Å²) in [7, 11) is 7.03. The first kappa shape index (κ1) is 27.5. The van der Waals surface area contributed by atoms with Crippen LogP contribution in [0, 0.1) is 0 Å². The zero-order valence-electron chi connectivity index (χ0n) is 18.4. The van der Waals surface area contributed by atoms with Crippen LogP contribution in [0.2, 0.25) is 0 Å². The number of carbonyl (C=O) groups excluding carboxylic acids is 1. The number of pyridine rings is 1. The largest absolute Gasteiger partial charge is 0.416 e. The van der Waals surface area contributed by atoms with E-state index in [9.17, 15) is 18.0 Å². The molecule has 0 spiro atoms. The van der Waals surface area contributed by atoms with Gasteiger partial charge in [-0.3, -0.25) is 4.79 Å². The van der Waals surface area contributed by atoms with E-state index in [1.54, 1.807) is 20.2 Å². The van der Waals surface area contributed by atoms with Crippen LogP contribution in [0.5, 0.6) is 0 Å². The van der Waals surface area contributed by atoms with Gasteiger partial charge < -0.3 is 20.4 Å². The lowest BCUT2D eigenvalue weighted by Gasteiger charge is -2.16. The Morgan fingerprint density at radius 3 is 2.38 bits per heavy atom. The van der Waals surface area contributed by atoms with Gasteiger partial charge in [0.15, 0.2) is 5.96 Å². The van der Waals surface area contributed by atoms with Gasteiger partial charge in [0.2, 0.25) is 5.91 Å². The summed E-state index contributed by atoms with van der Waals surface area (Å²) in [6.07, 6.45) is -4.42. The molecule has 1 aromatic heterocycles. The standard InChI is InChI=1S/C21H27F3N6O.HI/c1-29(2)18-10-6-9-17(28-18)13-26-20(27-14-19(31)30(3)4)25-12-15-7-5-8-16(11-15)21(22,23)24;/h5-11H,12-14H2,1-4H3,(H2,25,26,27);1H. The van der Waals surface area contributed by atoms with Crippen molar-refractivity contribution in [2.75, 3.05) is 39.6 Å². The molecule has 7 nitrogen and oxygen atoms in total. The van der Waals surface area contributed by atoms with Gasteiger partial charge in [-0.1, -0.05) is 18.2 Å². The Balaban J connectivity index is 0.00000512. The Bertz CT molecular complexity index is 918. The molecule has 176 valence electrons. The molecule has 1 aromatic carbocycles. The van der Waals surface area contributed by atoms with E-state index in [0.29, 0.717) is 18.1 Å². The van der Waals surface area contributed by atoms with Crippen LogP contribution < -0.4 is 15.5 Å². The number of nitrogens with zero attached hydrogens (tertiary/aromatic N) is 4. The van der Waals surface area contributed by atoms with Crippen LogP contribution >= 0.6 is 24.0 Å². The Hall–Kier alpha value is -2.57. The van der Waals surface area contributed by atoms with E-state index in [1.165, 1.54) is 11.0 Å². The third-order valence-electron chi connectivity index (χ3n) is 4.27. The van der Waals surface area contributed by atoms with Gasteiger partial charge >= 0.3 is 6.18 Å². The normalized spacial score (nSPS) is 11.4. The molecule has 0 aliphatic heterocycles. The van der Waals surface area contributed by atoms with Gasteiger partial charge in [-0.2, -0.15) is 13.2 Å². The van der Waals surface area contributed by atoms with Crippen LogP contribution in [0.3, 0.4) is 0 Å². The van der Waals surface area contributed by atoms with Crippen molar-refractivity contribution in [3.8, 4) is 0 Å². The van der Waals surface area contributed by atoms with Crippen molar-refractivity contribution in [3.63, 3.8) is 0 Å². The van der Waals surface area contributed by atoms with Crippen LogP contribution in [-0.2, 0) is 24.1 Å². The molecule has 2 N–H and O–H groups in total. The minimum Gasteiger partial charge on any atom is -0.363 e. The summed E-state index contributed by atoms with van der Waals surface area (Å²) in [5.74, 6) is 0.920. The second kappa shape index (κ2) is 12.5. The van der Waals surface area contributed by atoms with E-state index in [0.717, 1.165) is 23.6 Å². The maximum Gasteiger partial charge on any atom is 0.416 e. The van der Waals surface area contributed by atoms with Crippen LogP contribution in [-0.4, -0.2) is 56.5 Å². The smallest absolute Gasteiger partial charge is 0.363 e. The highest BCUT2D eigenvalue weighted by Crippen LogP contribution is 2.29. The molecule has 1 heterocycles. The monoisotopic (exact) mass is 564 g/mol. The fourth-order valence-corrected chi connectivity index (χ4v) is 2.50. The number of likely N-dealkylation sites (N-methyl/N-ethyl adjacent to an activating group) is 1. The Morgan fingerprint density at radius 2 is 1.75 bits per heavy atom. The van der Waals surface area contributed by atoms with Gasteiger partial charge in [-0.25, -0.2) is 9.98 Å². The highest BCUT2D eigenvalue weighted by Gasteiger charge is 2.30. The molecule has 2 rings (SSSR count). The van der Waals surface area contributed by atoms with E-state index in [2.05, 4.69) is 20.6 Å². The second-order valence-electron chi connectivity index (χ2n) is 7.24. The Labute approximate surface area is 203 Å². The number of benzene rings is 1. The molecule has 0 radical (unpaired) electrons. The molecule has 1 amide bonds. The molecule has 0 aliphatic rings. The highest BCUT2D eigenvalue weighted by molar-refractivity contribution is 14.0. The number of rotatable bonds is 7. The predicted molar refractivity (Wildman–Crippen MR) is 130 cm³/mol. The van der Waals surface area contributed by atoms with E-state index in [4.69, 9.17) is 0 Å². The summed E-state index contributed by atoms with van der Waals surface area (Å²) in [5.41, 5.74) is 0.427. The minimum atomic E-state index is -4.42. The molecule has 0 atom stereocenters. The molecule has 0 fully saturated rings. The summed E-state index contributed by atoms with van der Waals surface area (Å²) in [4.78, 5) is 24.1. The number of aliphatic imine (C=N–C) groups is 1. The van der Waals surface area contributed by atoms with Crippen molar-refractivity contribution in [3.05, 3.63) is 59.3 Å². The number of carbonyl (C=O) groups is 1. The summed E-state index contributed by atoms with van der Waals surface area (Å²) in [6.45, 7) is 0.333. The molecule has 0 aliphatic carbocycles. The van der Waals surface area contributed by atoms with Crippen LogP contribution in [0.4, 0.5) is 19.0 Å². The van der Waals surface area contributed by atoms with Gasteiger partial charge in [0, 0.05) is 28.2 Å². The third-order valence-corrected chi connectivity index (χ3v) is 4.27. The Kier molecular flexibility index (Phi) is 10.7. The Morgan fingerprint density at radius 1 is 1.06 bits per heavy atom. The lowest BCUT2D eigenvalue weighted by atomic mass is 10.1. The van der Waals surface area contributed by atoms with Crippen LogP contribution in [0.25, 0.3) is 0 Å². The lowest BCUT2D eigenvalue weighted by molar-refractivity contribution is -0.137. The van der Waals surface area contributed by atoms with Gasteiger partial charge in [-0.15, -0.1) is 24.0 Å². The summed E-state index contributed by atoms with van der Waals surface area (Å²) < 4.78 is 38.8. The number of alkyl halides is 3. The average Bonchev–Trinajstić information content (AvgIpc) is 2.72. The number of guanidine groups is 1. The molecule has 0 saturated carbocycles. The van der Waals surface area contributed by atoms with Crippen molar-refractivity contribution < 1.29 is 18.0 Å². The molecular formula is C21H28F3IN6O. The number of aromatic nitrogens is 1. The minimum absolute atomic E-state index is 0. The van der Waals surface area contributed by atoms with Crippen molar-refractivity contribution in [1.82, 2.24) is 20.5 Å². The first-order valence-electron chi connectivity index (χ1n) is 9.58. The molecule has 32 heavy (non-hydrogen) atoms. The zero-order valence-corrected chi connectivity index (χ0v) is 20.7. The van der Waals surface area contributed by atoms with Gasteiger partial charge in [-0.05, 0) is 29.8 Å². The number of hydrogen-bond acceptors (Lipinski definition) is 4. The number of anilines is 1. The summed E-state index contributed by atoms with van der Waals surface area (Å²) in [5, 5.41) is 5.99. The molecule has 0 saturated heterocycles. The van der Waals surface area contributed by atoms with E-state index >= 15 is 0 Å². The number of hydrogen-bond donors (Lipinski definition) is 2. The quantitative estimate of drug-likeness (QED) is 0.308. The van der Waals surface area contributed by atoms with Crippen LogP contribution in [0.15, 0.2) is 47.5 Å². The van der Waals surface area contributed by atoms with Crippen molar-refractivity contribution in [2.24, 2.45) is 4.99 Å². The lowest BCUT2D eigenvalue weighted by Crippen LogP contribution is -2.42. The SMILES string of the molecule is CN(C)C(=O)CNC(=NCc1cccc(C(F)(F)F)c1)NCc1cccc(N(C)C)n1.I. The van der Waals surface area contributed by atoms with Crippen LogP contribution in [0.1, 0.15) is 16.8 Å². The fraction of sp³-hybridized carbons (Fsp3) is 0.381. The topological polar surface area (TPSA) is 72.9 Å². The first-order chi connectivity index (χ1) is 14.6. The zero-order chi connectivity index (χ0) is 23.0. The molecule has 11 heteroatoms. The molecular weight excluding hydrogens is 536 g/mol. The van der Waals surface area contributed by atoms with Crippen molar-refractivity contribution in [2.45, 2.75) is 19.3 Å². The third kappa shape index (κ3) is 8.89. The van der Waals surface area contributed by atoms with Gasteiger partial charge in [0.25, 0.3) is 0 Å².